The molecule has 116 valence electrons. The lowest BCUT2D eigenvalue weighted by Crippen LogP contribution is -1.95. The monoisotopic (exact) mass is 330 g/mol. The highest BCUT2D eigenvalue weighted by Crippen LogP contribution is 2.28. The fraction of sp³-hybridized carbons (Fsp3) is 0.0714. The molecule has 9 heteroatoms. The van der Waals surface area contributed by atoms with E-state index < -0.39 is 9.85 Å². The van der Waals surface area contributed by atoms with Crippen molar-refractivity contribution in [2.24, 2.45) is 0 Å². The second-order valence-corrected chi connectivity index (χ2v) is 5.68. The number of nitro benzene ring substituents is 2. The topological polar surface area (TPSA) is 115 Å². The summed E-state index contributed by atoms with van der Waals surface area (Å²) in [5.41, 5.74) is 1.62. The molecule has 0 amide bonds. The number of hydrogen-bond donors (Lipinski definition) is 1. The van der Waals surface area contributed by atoms with Gasteiger partial charge in [0, 0.05) is 17.9 Å². The van der Waals surface area contributed by atoms with Crippen molar-refractivity contribution in [3.63, 3.8) is 0 Å². The van der Waals surface area contributed by atoms with Gasteiger partial charge in [-0.05, 0) is 17.7 Å². The summed E-state index contributed by atoms with van der Waals surface area (Å²) in [5.74, 6) is 0.336. The third kappa shape index (κ3) is 3.29. The molecule has 8 nitrogen and oxygen atoms in total. The summed E-state index contributed by atoms with van der Waals surface area (Å²) in [7, 11) is 0. The van der Waals surface area contributed by atoms with Crippen molar-refractivity contribution in [2.45, 2.75) is 10.9 Å². The number of para-hydroxylation sites is 2. The number of aromatic nitrogens is 2. The van der Waals surface area contributed by atoms with Gasteiger partial charge in [-0.1, -0.05) is 23.9 Å². The van der Waals surface area contributed by atoms with Gasteiger partial charge in [0.1, 0.15) is 0 Å². The molecule has 2 aromatic carbocycles. The summed E-state index contributed by atoms with van der Waals surface area (Å²) in [6, 6.07) is 11.2. The van der Waals surface area contributed by atoms with Crippen LogP contribution in [0.25, 0.3) is 11.0 Å². The van der Waals surface area contributed by atoms with E-state index in [2.05, 4.69) is 9.97 Å². The zero-order valence-electron chi connectivity index (χ0n) is 11.6. The summed E-state index contributed by atoms with van der Waals surface area (Å²) in [6.45, 7) is 0. The lowest BCUT2D eigenvalue weighted by Gasteiger charge is -2.00. The average Bonchev–Trinajstić information content (AvgIpc) is 2.95. The number of fused-ring (bicyclic) bond motifs is 1. The molecule has 0 aliphatic rings. The van der Waals surface area contributed by atoms with Crippen molar-refractivity contribution in [1.29, 1.82) is 0 Å². The molecule has 0 aliphatic carbocycles. The summed E-state index contributed by atoms with van der Waals surface area (Å²) in [5, 5.41) is 22.4. The Bertz CT molecular complexity index is 843. The Morgan fingerprint density at radius 3 is 2.30 bits per heavy atom. The minimum absolute atomic E-state index is 0.292. The number of imidazole rings is 1. The first-order chi connectivity index (χ1) is 11.0. The van der Waals surface area contributed by atoms with E-state index in [0.29, 0.717) is 16.5 Å². The van der Waals surface area contributed by atoms with Crippen molar-refractivity contribution >= 4 is 34.2 Å². The number of rotatable bonds is 5. The number of aromatic amines is 1. The third-order valence-electron chi connectivity index (χ3n) is 3.13. The van der Waals surface area contributed by atoms with Crippen molar-refractivity contribution in [3.8, 4) is 0 Å². The van der Waals surface area contributed by atoms with Gasteiger partial charge in [0.2, 0.25) is 0 Å². The van der Waals surface area contributed by atoms with Crippen molar-refractivity contribution in [1.82, 2.24) is 9.97 Å². The predicted molar refractivity (Wildman–Crippen MR) is 85.4 cm³/mol. The van der Waals surface area contributed by atoms with Gasteiger partial charge in [-0.2, -0.15) is 0 Å². The summed E-state index contributed by atoms with van der Waals surface area (Å²) in [4.78, 5) is 28.0. The molecule has 0 saturated heterocycles. The molecule has 0 unspecified atom stereocenters. The SMILES string of the molecule is O=[N+]([O-])c1cc(CSc2nc3ccccc3[nH]2)cc([N+](=O)[O-])c1. The molecule has 23 heavy (non-hydrogen) atoms. The quantitative estimate of drug-likeness (QED) is 0.433. The first kappa shape index (κ1) is 15.0. The molecule has 3 rings (SSSR count). The Hall–Kier alpha value is -2.94. The number of non-ortho nitro benzene ring substituents is 2. The van der Waals surface area contributed by atoms with Crippen molar-refractivity contribution in [3.05, 3.63) is 68.3 Å². The molecular formula is C14H10N4O4S. The molecule has 3 aromatic rings. The zero-order chi connectivity index (χ0) is 16.4. The maximum Gasteiger partial charge on any atom is 0.276 e. The van der Waals surface area contributed by atoms with E-state index in [-0.39, 0.29) is 11.4 Å². The highest BCUT2D eigenvalue weighted by atomic mass is 32.2. The van der Waals surface area contributed by atoms with E-state index in [0.717, 1.165) is 17.1 Å². The smallest absolute Gasteiger partial charge is 0.276 e. The summed E-state index contributed by atoms with van der Waals surface area (Å²) in [6.07, 6.45) is 0. The lowest BCUT2D eigenvalue weighted by molar-refractivity contribution is -0.394. The molecule has 0 bridgehead atoms. The normalized spacial score (nSPS) is 10.8. The van der Waals surface area contributed by atoms with Crippen LogP contribution in [0.15, 0.2) is 47.6 Å². The number of H-pyrrole nitrogens is 1. The van der Waals surface area contributed by atoms with Crippen LogP contribution in [0.4, 0.5) is 11.4 Å². The van der Waals surface area contributed by atoms with Gasteiger partial charge in [-0.15, -0.1) is 0 Å². The van der Waals surface area contributed by atoms with Gasteiger partial charge in [-0.3, -0.25) is 20.2 Å². The molecule has 0 saturated carbocycles. The van der Waals surface area contributed by atoms with Gasteiger partial charge in [-0.25, -0.2) is 4.98 Å². The fourth-order valence-electron chi connectivity index (χ4n) is 2.10. The van der Waals surface area contributed by atoms with Crippen LogP contribution < -0.4 is 0 Å². The number of thioether (sulfide) groups is 1. The minimum Gasteiger partial charge on any atom is -0.333 e. The lowest BCUT2D eigenvalue weighted by atomic mass is 10.2. The van der Waals surface area contributed by atoms with Gasteiger partial charge < -0.3 is 4.98 Å². The Kier molecular flexibility index (Phi) is 3.94. The first-order valence-electron chi connectivity index (χ1n) is 6.53. The van der Waals surface area contributed by atoms with Gasteiger partial charge in [0.25, 0.3) is 11.4 Å². The van der Waals surface area contributed by atoms with E-state index in [9.17, 15) is 20.2 Å². The molecule has 0 spiro atoms. The van der Waals surface area contributed by atoms with E-state index in [1.165, 1.54) is 23.9 Å². The van der Waals surface area contributed by atoms with Crippen LogP contribution in [0.1, 0.15) is 5.56 Å². The van der Waals surface area contributed by atoms with Crippen LogP contribution in [0.2, 0.25) is 0 Å². The van der Waals surface area contributed by atoms with Gasteiger partial charge in [0.05, 0.1) is 26.9 Å². The molecule has 0 fully saturated rings. The summed E-state index contributed by atoms with van der Waals surface area (Å²) < 4.78 is 0. The minimum atomic E-state index is -0.637. The van der Waals surface area contributed by atoms with Crippen LogP contribution in [-0.2, 0) is 5.75 Å². The van der Waals surface area contributed by atoms with E-state index >= 15 is 0 Å². The van der Waals surface area contributed by atoms with Crippen molar-refractivity contribution in [2.75, 3.05) is 0 Å². The third-order valence-corrected chi connectivity index (χ3v) is 4.07. The van der Waals surface area contributed by atoms with Crippen LogP contribution in [0, 0.1) is 20.2 Å². The van der Waals surface area contributed by atoms with Crippen LogP contribution in [-0.4, -0.2) is 19.8 Å². The van der Waals surface area contributed by atoms with Gasteiger partial charge >= 0.3 is 0 Å². The Labute approximate surface area is 133 Å². The first-order valence-corrected chi connectivity index (χ1v) is 7.52. The van der Waals surface area contributed by atoms with E-state index in [1.807, 2.05) is 24.3 Å². The number of benzene rings is 2. The van der Waals surface area contributed by atoms with Crippen LogP contribution in [0.3, 0.4) is 0 Å². The average molecular weight is 330 g/mol. The summed E-state index contributed by atoms with van der Waals surface area (Å²) >= 11 is 1.33. The second kappa shape index (κ2) is 6.05. The highest BCUT2D eigenvalue weighted by Gasteiger charge is 2.16. The molecular weight excluding hydrogens is 320 g/mol. The zero-order valence-corrected chi connectivity index (χ0v) is 12.4. The fourth-order valence-corrected chi connectivity index (χ4v) is 2.92. The molecule has 1 heterocycles. The van der Waals surface area contributed by atoms with Crippen LogP contribution in [0.5, 0.6) is 0 Å². The highest BCUT2D eigenvalue weighted by molar-refractivity contribution is 7.98. The Morgan fingerprint density at radius 1 is 1.04 bits per heavy atom. The predicted octanol–water partition coefficient (Wildman–Crippen LogP) is 3.67. The molecule has 0 radical (unpaired) electrons. The second-order valence-electron chi connectivity index (χ2n) is 4.72. The standard InChI is InChI=1S/C14H10N4O4S/c19-17(20)10-5-9(6-11(7-10)18(21)22)8-23-14-15-12-3-1-2-4-13(12)16-14/h1-7H,8H2,(H,15,16). The molecule has 0 atom stereocenters. The van der Waals surface area contributed by atoms with Crippen LogP contribution >= 0.6 is 11.8 Å². The maximum atomic E-state index is 10.9. The number of hydrogen-bond acceptors (Lipinski definition) is 6. The van der Waals surface area contributed by atoms with Gasteiger partial charge in [0.15, 0.2) is 5.16 Å². The van der Waals surface area contributed by atoms with Crippen molar-refractivity contribution < 1.29 is 9.85 Å². The molecule has 0 aliphatic heterocycles. The van der Waals surface area contributed by atoms with E-state index in [4.69, 9.17) is 0 Å². The largest absolute Gasteiger partial charge is 0.333 e. The maximum absolute atomic E-state index is 10.9. The molecule has 1 N–H and O–H groups in total. The molecule has 1 aromatic heterocycles. The number of nitro groups is 2. The Morgan fingerprint density at radius 2 is 1.70 bits per heavy atom. The number of nitrogens with one attached hydrogen (secondary N) is 1. The Balaban J connectivity index is 1.84. The number of nitrogens with zero attached hydrogens (tertiary/aromatic N) is 3. The van der Waals surface area contributed by atoms with E-state index in [1.54, 1.807) is 0 Å².